The standard InChI is InChI=1S/C16H20BrFO2/c17-14-5-4-12(10-15(14)18)19-11-13-6-9-16(20-13)7-2-1-3-8-16/h4-5,10,13H,1-3,6-9,11H2. The molecule has 2 nitrogen and oxygen atoms in total. The number of hydrogen-bond donors (Lipinski definition) is 0. The van der Waals surface area contributed by atoms with Crippen LogP contribution in [0.25, 0.3) is 0 Å². The van der Waals surface area contributed by atoms with Crippen LogP contribution in [0.4, 0.5) is 4.39 Å². The summed E-state index contributed by atoms with van der Waals surface area (Å²) in [6, 6.07) is 4.86. The summed E-state index contributed by atoms with van der Waals surface area (Å²) in [6.07, 6.45) is 8.64. The van der Waals surface area contributed by atoms with E-state index in [-0.39, 0.29) is 17.5 Å². The van der Waals surface area contributed by atoms with Crippen LogP contribution >= 0.6 is 15.9 Å². The minimum Gasteiger partial charge on any atom is -0.491 e. The molecule has 20 heavy (non-hydrogen) atoms. The number of hydrogen-bond acceptors (Lipinski definition) is 2. The van der Waals surface area contributed by atoms with Crippen LogP contribution in [-0.2, 0) is 4.74 Å². The zero-order valence-corrected chi connectivity index (χ0v) is 13.1. The van der Waals surface area contributed by atoms with Crippen LogP contribution in [0.2, 0.25) is 0 Å². The van der Waals surface area contributed by atoms with Crippen molar-refractivity contribution in [1.82, 2.24) is 0 Å². The van der Waals surface area contributed by atoms with Crippen LogP contribution in [0.5, 0.6) is 5.75 Å². The van der Waals surface area contributed by atoms with Gasteiger partial charge in [0.05, 0.1) is 16.2 Å². The lowest BCUT2D eigenvalue weighted by molar-refractivity contribution is -0.0748. The molecule has 1 spiro atoms. The predicted octanol–water partition coefficient (Wildman–Crippen LogP) is 4.85. The van der Waals surface area contributed by atoms with E-state index in [4.69, 9.17) is 9.47 Å². The van der Waals surface area contributed by atoms with Gasteiger partial charge in [0.25, 0.3) is 0 Å². The van der Waals surface area contributed by atoms with Crippen LogP contribution < -0.4 is 4.74 Å². The molecule has 1 aliphatic heterocycles. The number of halogens is 2. The molecule has 1 saturated heterocycles. The van der Waals surface area contributed by atoms with Gasteiger partial charge in [-0.25, -0.2) is 4.39 Å². The van der Waals surface area contributed by atoms with Gasteiger partial charge in [-0.15, -0.1) is 0 Å². The van der Waals surface area contributed by atoms with E-state index in [0.29, 0.717) is 16.8 Å². The lowest BCUT2D eigenvalue weighted by Crippen LogP contribution is -2.32. The van der Waals surface area contributed by atoms with Gasteiger partial charge < -0.3 is 9.47 Å². The van der Waals surface area contributed by atoms with Gasteiger partial charge in [-0.05, 0) is 53.7 Å². The molecule has 0 N–H and O–H groups in total. The molecule has 1 unspecified atom stereocenters. The molecule has 1 saturated carbocycles. The summed E-state index contributed by atoms with van der Waals surface area (Å²) in [5.74, 6) is 0.275. The first-order chi connectivity index (χ1) is 9.67. The lowest BCUT2D eigenvalue weighted by Gasteiger charge is -2.33. The summed E-state index contributed by atoms with van der Waals surface area (Å²) in [7, 11) is 0. The second kappa shape index (κ2) is 6.02. The molecule has 0 bridgehead atoms. The van der Waals surface area contributed by atoms with Crippen molar-refractivity contribution >= 4 is 15.9 Å². The average Bonchev–Trinajstić information content (AvgIpc) is 2.84. The Morgan fingerprint density at radius 2 is 2.05 bits per heavy atom. The van der Waals surface area contributed by atoms with Gasteiger partial charge in [0.2, 0.25) is 0 Å². The Hall–Kier alpha value is -0.610. The smallest absolute Gasteiger partial charge is 0.141 e. The Balaban J connectivity index is 1.53. The molecule has 1 aromatic rings. The van der Waals surface area contributed by atoms with Crippen molar-refractivity contribution in [2.45, 2.75) is 56.7 Å². The van der Waals surface area contributed by atoms with E-state index in [2.05, 4.69) is 15.9 Å². The van der Waals surface area contributed by atoms with Crippen LogP contribution in [0.1, 0.15) is 44.9 Å². The summed E-state index contributed by atoms with van der Waals surface area (Å²) in [5.41, 5.74) is 0.122. The van der Waals surface area contributed by atoms with Crippen molar-refractivity contribution in [1.29, 1.82) is 0 Å². The molecule has 2 aliphatic rings. The summed E-state index contributed by atoms with van der Waals surface area (Å²) >= 11 is 3.14. The van der Waals surface area contributed by atoms with Gasteiger partial charge in [0.1, 0.15) is 18.2 Å². The monoisotopic (exact) mass is 342 g/mol. The quantitative estimate of drug-likeness (QED) is 0.781. The molecule has 110 valence electrons. The van der Waals surface area contributed by atoms with E-state index in [9.17, 15) is 4.39 Å². The van der Waals surface area contributed by atoms with E-state index >= 15 is 0 Å². The highest BCUT2D eigenvalue weighted by molar-refractivity contribution is 9.10. The first-order valence-corrected chi connectivity index (χ1v) is 8.22. The third-order valence-electron chi connectivity index (χ3n) is 4.43. The van der Waals surface area contributed by atoms with Crippen molar-refractivity contribution in [2.75, 3.05) is 6.61 Å². The molecule has 4 heteroatoms. The summed E-state index contributed by atoms with van der Waals surface area (Å²) in [4.78, 5) is 0. The number of benzene rings is 1. The number of rotatable bonds is 3. The summed E-state index contributed by atoms with van der Waals surface area (Å²) in [6.45, 7) is 0.517. The first-order valence-electron chi connectivity index (χ1n) is 7.43. The third-order valence-corrected chi connectivity index (χ3v) is 5.07. The lowest BCUT2D eigenvalue weighted by atomic mass is 9.83. The van der Waals surface area contributed by atoms with Crippen molar-refractivity contribution in [3.05, 3.63) is 28.5 Å². The highest BCUT2D eigenvalue weighted by Crippen LogP contribution is 2.41. The van der Waals surface area contributed by atoms with Gasteiger partial charge in [-0.2, -0.15) is 0 Å². The predicted molar refractivity (Wildman–Crippen MR) is 79.5 cm³/mol. The Morgan fingerprint density at radius 1 is 1.25 bits per heavy atom. The fourth-order valence-corrected chi connectivity index (χ4v) is 3.58. The maximum absolute atomic E-state index is 13.4. The Kier molecular flexibility index (Phi) is 4.32. The average molecular weight is 343 g/mol. The van der Waals surface area contributed by atoms with Crippen molar-refractivity contribution < 1.29 is 13.9 Å². The Labute approximate surface area is 127 Å². The molecular formula is C16H20BrFO2. The van der Waals surface area contributed by atoms with Gasteiger partial charge in [-0.1, -0.05) is 19.3 Å². The van der Waals surface area contributed by atoms with E-state index in [1.165, 1.54) is 38.2 Å². The molecule has 1 aliphatic carbocycles. The van der Waals surface area contributed by atoms with Crippen LogP contribution in [0.3, 0.4) is 0 Å². The van der Waals surface area contributed by atoms with Crippen molar-refractivity contribution in [3.63, 3.8) is 0 Å². The van der Waals surface area contributed by atoms with Crippen LogP contribution in [0, 0.1) is 5.82 Å². The number of ether oxygens (including phenoxy) is 2. The van der Waals surface area contributed by atoms with Gasteiger partial charge in [-0.3, -0.25) is 0 Å². The van der Waals surface area contributed by atoms with Gasteiger partial charge in [0.15, 0.2) is 0 Å². The molecule has 1 atom stereocenters. The van der Waals surface area contributed by atoms with E-state index in [1.54, 1.807) is 12.1 Å². The minimum atomic E-state index is -0.293. The second-order valence-electron chi connectivity index (χ2n) is 5.91. The first kappa shape index (κ1) is 14.3. The largest absolute Gasteiger partial charge is 0.491 e. The zero-order chi connectivity index (χ0) is 14.0. The van der Waals surface area contributed by atoms with Gasteiger partial charge in [0, 0.05) is 6.07 Å². The highest BCUT2D eigenvalue weighted by Gasteiger charge is 2.40. The van der Waals surface area contributed by atoms with E-state index in [0.717, 1.165) is 12.8 Å². The maximum Gasteiger partial charge on any atom is 0.141 e. The molecule has 0 amide bonds. The fraction of sp³-hybridized carbons (Fsp3) is 0.625. The maximum atomic E-state index is 13.4. The van der Waals surface area contributed by atoms with Crippen LogP contribution in [-0.4, -0.2) is 18.3 Å². The molecule has 1 aromatic carbocycles. The molecule has 1 heterocycles. The fourth-order valence-electron chi connectivity index (χ4n) is 3.33. The minimum absolute atomic E-state index is 0.122. The van der Waals surface area contributed by atoms with Crippen LogP contribution in [0.15, 0.2) is 22.7 Å². The van der Waals surface area contributed by atoms with Crippen molar-refractivity contribution in [3.8, 4) is 5.75 Å². The van der Waals surface area contributed by atoms with E-state index in [1.807, 2.05) is 0 Å². The third kappa shape index (κ3) is 3.17. The Bertz CT molecular complexity index is 472. The molecule has 2 fully saturated rings. The topological polar surface area (TPSA) is 18.5 Å². The second-order valence-corrected chi connectivity index (χ2v) is 6.76. The van der Waals surface area contributed by atoms with E-state index < -0.39 is 0 Å². The highest BCUT2D eigenvalue weighted by atomic mass is 79.9. The molecule has 0 radical (unpaired) electrons. The normalized spacial score (nSPS) is 25.0. The molecule has 3 rings (SSSR count). The Morgan fingerprint density at radius 3 is 2.80 bits per heavy atom. The molecular weight excluding hydrogens is 323 g/mol. The molecule has 0 aromatic heterocycles. The summed E-state index contributed by atoms with van der Waals surface area (Å²) in [5, 5.41) is 0. The SMILES string of the molecule is Fc1cc(OCC2CCC3(CCCCC3)O2)ccc1Br. The summed E-state index contributed by atoms with van der Waals surface area (Å²) < 4.78 is 25.8. The van der Waals surface area contributed by atoms with Crippen molar-refractivity contribution in [2.24, 2.45) is 0 Å². The zero-order valence-electron chi connectivity index (χ0n) is 11.5. The van der Waals surface area contributed by atoms with Gasteiger partial charge >= 0.3 is 0 Å².